The summed E-state index contributed by atoms with van der Waals surface area (Å²) in [5, 5.41) is 4.59. The van der Waals surface area contributed by atoms with E-state index in [0.717, 1.165) is 7.11 Å². The number of hydrogen-bond donors (Lipinski definition) is 1. The molecule has 0 heterocycles. The van der Waals surface area contributed by atoms with E-state index in [1.165, 1.54) is 0 Å². The highest BCUT2D eigenvalue weighted by Crippen LogP contribution is 1.79. The van der Waals surface area contributed by atoms with Gasteiger partial charge < -0.3 is 0 Å². The van der Waals surface area contributed by atoms with Crippen LogP contribution in [0.15, 0.2) is 0 Å². The summed E-state index contributed by atoms with van der Waals surface area (Å²) in [5.74, 6) is -0.398. The van der Waals surface area contributed by atoms with Crippen LogP contribution >= 0.6 is 0 Å². The Morgan fingerprint density at radius 2 is 2.10 bits per heavy atom. The number of nitrogens with two attached hydrogens (primary N) is 1. The van der Waals surface area contributed by atoms with Crippen molar-refractivity contribution in [2.75, 3.05) is 19.4 Å². The minimum atomic E-state index is -3.55. The Bertz CT molecular complexity index is 209. The summed E-state index contributed by atoms with van der Waals surface area (Å²) in [5.41, 5.74) is 0. The highest BCUT2D eigenvalue weighted by atomic mass is 32.2. The minimum Gasteiger partial charge on any atom is -0.235 e. The Morgan fingerprint density at radius 1 is 1.60 bits per heavy atom. The lowest BCUT2D eigenvalue weighted by atomic mass is 10.8. The van der Waals surface area contributed by atoms with Crippen molar-refractivity contribution in [1.29, 1.82) is 0 Å². The minimum absolute atomic E-state index is 0.143. The van der Waals surface area contributed by atoms with Crippen molar-refractivity contribution in [3.05, 3.63) is 4.91 Å². The third-order valence-corrected chi connectivity index (χ3v) is 1.51. The zero-order valence-electron chi connectivity index (χ0n) is 5.48. The van der Waals surface area contributed by atoms with Gasteiger partial charge in [-0.15, -0.1) is 0 Å². The molecule has 0 aromatic heterocycles. The summed E-state index contributed by atoms with van der Waals surface area (Å²) in [7, 11) is -2.40. The first-order valence-electron chi connectivity index (χ1n) is 2.45. The van der Waals surface area contributed by atoms with E-state index in [0.29, 0.717) is 0 Å². The van der Waals surface area contributed by atoms with Crippen LogP contribution < -0.4 is 5.14 Å². The second kappa shape index (κ2) is 3.47. The molecule has 10 heavy (non-hydrogen) atoms. The van der Waals surface area contributed by atoms with Crippen LogP contribution in [0, 0.1) is 4.91 Å². The van der Waals surface area contributed by atoms with Gasteiger partial charge in [-0.3, -0.25) is 0 Å². The average Bonchev–Trinajstić information content (AvgIpc) is 1.81. The molecule has 0 spiro atoms. The monoisotopic (exact) mass is 169 g/mol. The van der Waals surface area contributed by atoms with Gasteiger partial charge in [-0.25, -0.2) is 18.4 Å². The summed E-state index contributed by atoms with van der Waals surface area (Å²) >= 11 is 0. The molecule has 0 aliphatic carbocycles. The highest BCUT2D eigenvalue weighted by Gasteiger charge is 2.13. The van der Waals surface area contributed by atoms with Gasteiger partial charge >= 0.3 is 0 Å². The van der Waals surface area contributed by atoms with Gasteiger partial charge in [0, 0.05) is 0 Å². The van der Waals surface area contributed by atoms with Gasteiger partial charge in [0.1, 0.15) is 5.75 Å². The van der Waals surface area contributed by atoms with Crippen molar-refractivity contribution < 1.29 is 18.2 Å². The first-order chi connectivity index (χ1) is 4.45. The normalized spacial score (nSPS) is 11.0. The number of primary sulfonamides is 1. The van der Waals surface area contributed by atoms with Crippen LogP contribution in [0.1, 0.15) is 0 Å². The fraction of sp³-hybridized carbons (Fsp3) is 1.00. The maximum absolute atomic E-state index is 10.2. The number of nitrogens with zero attached hydrogens (tertiary/aromatic N) is 1. The largest absolute Gasteiger partial charge is 0.263 e. The molecule has 0 aromatic carbocycles. The molecule has 0 saturated heterocycles. The molecule has 0 aliphatic heterocycles. The van der Waals surface area contributed by atoms with Crippen LogP contribution in [0.25, 0.3) is 0 Å². The molecule has 0 atom stereocenters. The van der Waals surface area contributed by atoms with Crippen LogP contribution in [0.4, 0.5) is 0 Å². The van der Waals surface area contributed by atoms with Gasteiger partial charge in [-0.2, -0.15) is 0 Å². The van der Waals surface area contributed by atoms with Gasteiger partial charge in [-0.1, -0.05) is 0 Å². The quantitative estimate of drug-likeness (QED) is 0.525. The Balaban J connectivity index is 3.67. The summed E-state index contributed by atoms with van der Waals surface area (Å²) in [6, 6.07) is 0. The SMILES string of the molecule is CO[N+](=O)CCS(N)(=O)=O. The van der Waals surface area contributed by atoms with Crippen molar-refractivity contribution in [3.8, 4) is 0 Å². The average molecular weight is 169 g/mol. The molecule has 0 bridgehead atoms. The Labute approximate surface area is 58.5 Å². The molecule has 0 saturated carbocycles. The van der Waals surface area contributed by atoms with E-state index in [-0.39, 0.29) is 11.5 Å². The van der Waals surface area contributed by atoms with Gasteiger partial charge in [0.05, 0.1) is 4.91 Å². The maximum Gasteiger partial charge on any atom is 0.263 e. The predicted molar refractivity (Wildman–Crippen MR) is 33.5 cm³/mol. The Morgan fingerprint density at radius 3 is 2.40 bits per heavy atom. The smallest absolute Gasteiger partial charge is 0.235 e. The molecule has 0 radical (unpaired) electrons. The van der Waals surface area contributed by atoms with E-state index in [1.54, 1.807) is 0 Å². The molecule has 0 rings (SSSR count). The summed E-state index contributed by atoms with van der Waals surface area (Å²) < 4.78 is 20.4. The Hall–Kier alpha value is -0.690. The van der Waals surface area contributed by atoms with Gasteiger partial charge in [0.15, 0.2) is 7.11 Å². The van der Waals surface area contributed by atoms with Crippen LogP contribution in [-0.2, 0) is 14.9 Å². The molecule has 60 valence electrons. The summed E-state index contributed by atoms with van der Waals surface area (Å²) in [4.78, 5) is 14.5. The van der Waals surface area contributed by atoms with Crippen molar-refractivity contribution in [1.82, 2.24) is 0 Å². The third kappa shape index (κ3) is 5.45. The molecule has 0 aliphatic rings. The maximum atomic E-state index is 10.2. The van der Waals surface area contributed by atoms with Crippen LogP contribution in [0.3, 0.4) is 0 Å². The van der Waals surface area contributed by atoms with E-state index in [9.17, 15) is 13.3 Å². The second-order valence-electron chi connectivity index (χ2n) is 1.61. The molecule has 7 heteroatoms. The second-order valence-corrected chi connectivity index (χ2v) is 3.34. The highest BCUT2D eigenvalue weighted by molar-refractivity contribution is 7.89. The van der Waals surface area contributed by atoms with Gasteiger partial charge in [-0.05, 0) is 0 Å². The molecular formula is C3H9N2O4S+. The molecule has 0 aromatic rings. The van der Waals surface area contributed by atoms with E-state index >= 15 is 0 Å². The van der Waals surface area contributed by atoms with E-state index in [2.05, 4.69) is 9.98 Å². The third-order valence-electron chi connectivity index (χ3n) is 0.762. The molecular weight excluding hydrogens is 160 g/mol. The standard InChI is InChI=1S/C3H9N2O4S/c1-9-5(6)2-3-10(4,7)8/h2-3H2,1H3,(H2,4,7,8)/q+1. The summed E-state index contributed by atoms with van der Waals surface area (Å²) in [6.07, 6.45) is 0. The predicted octanol–water partition coefficient (Wildman–Crippen LogP) is -1.38. The van der Waals surface area contributed by atoms with E-state index in [4.69, 9.17) is 0 Å². The van der Waals surface area contributed by atoms with Crippen molar-refractivity contribution in [3.63, 3.8) is 0 Å². The molecule has 2 N–H and O–H groups in total. The molecule has 0 fully saturated rings. The lowest BCUT2D eigenvalue weighted by Crippen LogP contribution is -2.23. The van der Waals surface area contributed by atoms with Crippen LogP contribution in [0.2, 0.25) is 0 Å². The lowest BCUT2D eigenvalue weighted by molar-refractivity contribution is -0.793. The molecule has 0 amide bonds. The van der Waals surface area contributed by atoms with Crippen molar-refractivity contribution >= 4 is 10.0 Å². The fourth-order valence-electron chi connectivity index (χ4n) is 0.293. The van der Waals surface area contributed by atoms with Crippen LogP contribution in [0.5, 0.6) is 0 Å². The van der Waals surface area contributed by atoms with E-state index in [1.807, 2.05) is 0 Å². The number of sulfonamides is 1. The first kappa shape index (κ1) is 9.31. The topological polar surface area (TPSA) is 89.5 Å². The zero-order valence-corrected chi connectivity index (χ0v) is 6.30. The van der Waals surface area contributed by atoms with Crippen molar-refractivity contribution in [2.24, 2.45) is 5.14 Å². The lowest BCUT2D eigenvalue weighted by Gasteiger charge is -1.88. The van der Waals surface area contributed by atoms with Crippen LogP contribution in [-0.4, -0.2) is 32.7 Å². The number of rotatable bonds is 4. The first-order valence-corrected chi connectivity index (χ1v) is 4.16. The van der Waals surface area contributed by atoms with Gasteiger partial charge in [0.2, 0.25) is 14.9 Å². The van der Waals surface area contributed by atoms with E-state index < -0.39 is 15.8 Å². The Kier molecular flexibility index (Phi) is 3.23. The zero-order chi connectivity index (χ0) is 8.20. The summed E-state index contributed by atoms with van der Waals surface area (Å²) in [6.45, 7) is -0.269. The molecule has 0 unspecified atom stereocenters. The molecule has 6 nitrogen and oxygen atoms in total. The fourth-order valence-corrected chi connectivity index (χ4v) is 0.697. The van der Waals surface area contributed by atoms with Crippen molar-refractivity contribution in [2.45, 2.75) is 0 Å². The number of hydrogen-bond acceptors (Lipinski definition) is 4. The van der Waals surface area contributed by atoms with Gasteiger partial charge in [0.25, 0.3) is 6.54 Å².